The van der Waals surface area contributed by atoms with E-state index in [-0.39, 0.29) is 11.3 Å². The quantitative estimate of drug-likeness (QED) is 0.803. The second-order valence-electron chi connectivity index (χ2n) is 5.29. The van der Waals surface area contributed by atoms with Gasteiger partial charge in [0.15, 0.2) is 0 Å². The molecule has 0 aliphatic heterocycles. The van der Waals surface area contributed by atoms with E-state index in [0.717, 1.165) is 4.68 Å². The molecule has 1 heterocycles. The number of aliphatic carboxylic acids is 1. The van der Waals surface area contributed by atoms with Gasteiger partial charge >= 0.3 is 5.97 Å². The molecule has 0 radical (unpaired) electrons. The Morgan fingerprint density at radius 3 is 2.37 bits per heavy atom. The monoisotopic (exact) mass is 267 g/mol. The van der Waals surface area contributed by atoms with Crippen molar-refractivity contribution in [2.45, 2.75) is 26.8 Å². The van der Waals surface area contributed by atoms with Crippen molar-refractivity contribution < 1.29 is 14.7 Å². The topological polar surface area (TPSA) is 101 Å². The molecule has 0 saturated carbocycles. The molecule has 1 atom stereocenters. The maximum atomic E-state index is 11.9. The molecule has 0 bridgehead atoms. The summed E-state index contributed by atoms with van der Waals surface area (Å²) in [5, 5.41) is 15.3. The Labute approximate surface area is 110 Å². The largest absolute Gasteiger partial charge is 0.480 e. The van der Waals surface area contributed by atoms with Gasteiger partial charge in [0.25, 0.3) is 11.5 Å². The van der Waals surface area contributed by atoms with Crippen LogP contribution in [0.4, 0.5) is 0 Å². The first-order chi connectivity index (χ1) is 8.62. The summed E-state index contributed by atoms with van der Waals surface area (Å²) in [6.45, 7) is 5.13. The number of carboxylic acid groups (broad SMARTS) is 1. The van der Waals surface area contributed by atoms with Crippen LogP contribution in [0.1, 0.15) is 31.3 Å². The Balaban J connectivity index is 2.97. The molecule has 0 aliphatic carbocycles. The number of hydrogen-bond donors (Lipinski definition) is 2. The second kappa shape index (κ2) is 5.21. The maximum Gasteiger partial charge on any atom is 0.326 e. The summed E-state index contributed by atoms with van der Waals surface area (Å²) in [7, 11) is 1.41. The molecule has 0 unspecified atom stereocenters. The fourth-order valence-corrected chi connectivity index (χ4v) is 1.48. The first-order valence-corrected chi connectivity index (χ1v) is 5.71. The fraction of sp³-hybridized carbons (Fsp3) is 0.500. The summed E-state index contributed by atoms with van der Waals surface area (Å²) >= 11 is 0. The molecular formula is C12H17N3O4. The number of carbonyl (C=O) groups excluding carboxylic acids is 1. The zero-order chi connectivity index (χ0) is 14.8. The van der Waals surface area contributed by atoms with Gasteiger partial charge in [-0.25, -0.2) is 9.48 Å². The normalized spacial score (nSPS) is 12.8. The Morgan fingerprint density at radius 1 is 1.37 bits per heavy atom. The highest BCUT2D eigenvalue weighted by Crippen LogP contribution is 2.19. The minimum atomic E-state index is -1.12. The number of aromatic nitrogens is 2. The van der Waals surface area contributed by atoms with Crippen molar-refractivity contribution in [3.8, 4) is 0 Å². The predicted molar refractivity (Wildman–Crippen MR) is 67.8 cm³/mol. The first-order valence-electron chi connectivity index (χ1n) is 5.71. The number of carbonyl (C=O) groups is 2. The van der Waals surface area contributed by atoms with Crippen LogP contribution in [-0.4, -0.2) is 32.8 Å². The lowest BCUT2D eigenvalue weighted by Crippen LogP contribution is -2.49. The van der Waals surface area contributed by atoms with Gasteiger partial charge in [-0.15, -0.1) is 0 Å². The molecule has 1 amide bonds. The standard InChI is InChI=1S/C12H17N3O4/c1-12(2,3)9(11(18)19)13-10(17)7-5-6-8(16)15(4)14-7/h5-6,9H,1-4H3,(H,13,17)(H,18,19)/t9-/m0/s1. The molecule has 104 valence electrons. The van der Waals surface area contributed by atoms with Crippen LogP contribution in [0.5, 0.6) is 0 Å². The number of hydrogen-bond acceptors (Lipinski definition) is 4. The van der Waals surface area contributed by atoms with Gasteiger partial charge in [-0.2, -0.15) is 5.10 Å². The summed E-state index contributed by atoms with van der Waals surface area (Å²) in [5.41, 5.74) is -0.984. The lowest BCUT2D eigenvalue weighted by Gasteiger charge is -2.27. The Kier molecular flexibility index (Phi) is 4.08. The molecule has 0 aromatic carbocycles. The molecule has 2 N–H and O–H groups in total. The van der Waals surface area contributed by atoms with Crippen molar-refractivity contribution in [2.75, 3.05) is 0 Å². The molecule has 1 aromatic heterocycles. The number of aryl methyl sites for hydroxylation is 1. The van der Waals surface area contributed by atoms with Gasteiger partial charge < -0.3 is 10.4 Å². The van der Waals surface area contributed by atoms with Crippen LogP contribution < -0.4 is 10.9 Å². The van der Waals surface area contributed by atoms with Gasteiger partial charge in [0.05, 0.1) is 0 Å². The summed E-state index contributed by atoms with van der Waals surface area (Å²) in [4.78, 5) is 34.2. The molecule has 0 saturated heterocycles. The highest BCUT2D eigenvalue weighted by atomic mass is 16.4. The Bertz CT molecular complexity index is 557. The van der Waals surface area contributed by atoms with Gasteiger partial charge in [-0.05, 0) is 11.5 Å². The molecule has 1 rings (SSSR count). The molecule has 0 fully saturated rings. The third kappa shape index (κ3) is 3.64. The number of nitrogens with one attached hydrogen (secondary N) is 1. The van der Waals surface area contributed by atoms with E-state index in [1.165, 1.54) is 19.2 Å². The average Bonchev–Trinajstić information content (AvgIpc) is 2.27. The zero-order valence-electron chi connectivity index (χ0n) is 11.3. The van der Waals surface area contributed by atoms with E-state index in [2.05, 4.69) is 10.4 Å². The minimum absolute atomic E-state index is 0.00222. The van der Waals surface area contributed by atoms with Gasteiger partial charge in [0.1, 0.15) is 11.7 Å². The number of nitrogens with zero attached hydrogens (tertiary/aromatic N) is 2. The van der Waals surface area contributed by atoms with Crippen molar-refractivity contribution in [1.29, 1.82) is 0 Å². The van der Waals surface area contributed by atoms with E-state index in [1.54, 1.807) is 20.8 Å². The van der Waals surface area contributed by atoms with Crippen LogP contribution in [0, 0.1) is 5.41 Å². The Morgan fingerprint density at radius 2 is 1.95 bits per heavy atom. The third-order valence-corrected chi connectivity index (χ3v) is 2.58. The fourth-order valence-electron chi connectivity index (χ4n) is 1.48. The zero-order valence-corrected chi connectivity index (χ0v) is 11.3. The average molecular weight is 267 g/mol. The third-order valence-electron chi connectivity index (χ3n) is 2.58. The van der Waals surface area contributed by atoms with Crippen LogP contribution in [0.3, 0.4) is 0 Å². The second-order valence-corrected chi connectivity index (χ2v) is 5.29. The molecule has 7 nitrogen and oxygen atoms in total. The van der Waals surface area contributed by atoms with E-state index in [1.807, 2.05) is 0 Å². The smallest absolute Gasteiger partial charge is 0.326 e. The minimum Gasteiger partial charge on any atom is -0.480 e. The highest BCUT2D eigenvalue weighted by Gasteiger charge is 2.33. The van der Waals surface area contributed by atoms with Crippen LogP contribution >= 0.6 is 0 Å². The van der Waals surface area contributed by atoms with E-state index >= 15 is 0 Å². The van der Waals surface area contributed by atoms with E-state index in [4.69, 9.17) is 5.11 Å². The summed E-state index contributed by atoms with van der Waals surface area (Å²) in [6.07, 6.45) is 0. The highest BCUT2D eigenvalue weighted by molar-refractivity contribution is 5.94. The van der Waals surface area contributed by atoms with Crippen LogP contribution in [0.15, 0.2) is 16.9 Å². The van der Waals surface area contributed by atoms with Gasteiger partial charge in [-0.3, -0.25) is 9.59 Å². The van der Waals surface area contributed by atoms with Crippen LogP contribution in [-0.2, 0) is 11.8 Å². The van der Waals surface area contributed by atoms with Gasteiger partial charge in [0.2, 0.25) is 0 Å². The Hall–Kier alpha value is -2.18. The maximum absolute atomic E-state index is 11.9. The summed E-state index contributed by atoms with van der Waals surface area (Å²) in [6, 6.07) is 1.42. The van der Waals surface area contributed by atoms with Crippen molar-refractivity contribution in [2.24, 2.45) is 12.5 Å². The molecule has 1 aromatic rings. The van der Waals surface area contributed by atoms with Crippen LogP contribution in [0.25, 0.3) is 0 Å². The SMILES string of the molecule is Cn1nc(C(=O)N[C@@H](C(=O)O)C(C)(C)C)ccc1=O. The number of rotatable bonds is 3. The van der Waals surface area contributed by atoms with E-state index in [0.29, 0.717) is 0 Å². The molecular weight excluding hydrogens is 250 g/mol. The van der Waals surface area contributed by atoms with E-state index < -0.39 is 23.3 Å². The molecule has 0 aliphatic rings. The molecule has 19 heavy (non-hydrogen) atoms. The summed E-state index contributed by atoms with van der Waals surface area (Å²) < 4.78 is 1.02. The number of carboxylic acids is 1. The van der Waals surface area contributed by atoms with Crippen molar-refractivity contribution in [3.63, 3.8) is 0 Å². The lowest BCUT2D eigenvalue weighted by molar-refractivity contribution is -0.142. The van der Waals surface area contributed by atoms with Gasteiger partial charge in [0, 0.05) is 13.1 Å². The molecule has 0 spiro atoms. The molecule has 7 heteroatoms. The summed E-state index contributed by atoms with van der Waals surface area (Å²) in [5.74, 6) is -1.75. The van der Waals surface area contributed by atoms with Crippen molar-refractivity contribution >= 4 is 11.9 Å². The van der Waals surface area contributed by atoms with Gasteiger partial charge in [-0.1, -0.05) is 20.8 Å². The van der Waals surface area contributed by atoms with Crippen molar-refractivity contribution in [3.05, 3.63) is 28.2 Å². The lowest BCUT2D eigenvalue weighted by atomic mass is 9.86. The van der Waals surface area contributed by atoms with Crippen molar-refractivity contribution in [1.82, 2.24) is 15.1 Å². The first kappa shape index (κ1) is 14.9. The predicted octanol–water partition coefficient (Wildman–Crippen LogP) is 0.00940. The van der Waals surface area contributed by atoms with Crippen LogP contribution in [0.2, 0.25) is 0 Å². The number of amides is 1. The van der Waals surface area contributed by atoms with E-state index in [9.17, 15) is 14.4 Å².